The maximum atomic E-state index is 14.2. The molecule has 138 valence electrons. The summed E-state index contributed by atoms with van der Waals surface area (Å²) in [6.45, 7) is 0.227. The third kappa shape index (κ3) is 3.39. The number of benzene rings is 2. The number of nitrogens with zero attached hydrogens (tertiary/aromatic N) is 1. The van der Waals surface area contributed by atoms with E-state index in [2.05, 4.69) is 4.99 Å². The topological polar surface area (TPSA) is 85.9 Å². The van der Waals surface area contributed by atoms with Crippen molar-refractivity contribution in [3.05, 3.63) is 77.0 Å². The minimum absolute atomic E-state index is 0.0329. The first-order valence-corrected chi connectivity index (χ1v) is 8.12. The van der Waals surface area contributed by atoms with Crippen LogP contribution in [-0.2, 0) is 16.1 Å². The lowest BCUT2D eigenvalue weighted by molar-refractivity contribution is -0.120. The number of ether oxygens (including phenoxy) is 2. The SMILES string of the molecule is [2H]N1C(C2OCc3ccccc3O2)=CC(c2ccc(F)cc2F)=NC1C(N)=O. The molecule has 4 rings (SSSR count). The van der Waals surface area contributed by atoms with Gasteiger partial charge >= 0.3 is 0 Å². The van der Waals surface area contributed by atoms with E-state index in [1.807, 2.05) is 12.1 Å². The third-order valence-electron chi connectivity index (χ3n) is 4.12. The lowest BCUT2D eigenvalue weighted by Crippen LogP contribution is -2.47. The van der Waals surface area contributed by atoms with Crippen LogP contribution in [0.5, 0.6) is 5.75 Å². The Hall–Kier alpha value is -3.26. The van der Waals surface area contributed by atoms with Gasteiger partial charge in [0.15, 0.2) is 7.58 Å². The number of hydrogen-bond acceptors (Lipinski definition) is 5. The Morgan fingerprint density at radius 3 is 2.89 bits per heavy atom. The maximum absolute atomic E-state index is 14.2. The molecule has 2 aliphatic heterocycles. The van der Waals surface area contributed by atoms with Crippen LogP contribution in [-0.4, -0.2) is 24.1 Å². The molecule has 0 bridgehead atoms. The smallest absolute Gasteiger partial charge is 0.262 e. The lowest BCUT2D eigenvalue weighted by Gasteiger charge is -2.31. The number of carbonyl (C=O) groups excluding carboxylic acids is 1. The molecule has 2 aromatic carbocycles. The Bertz CT molecular complexity index is 1010. The summed E-state index contributed by atoms with van der Waals surface area (Å²) in [5.74, 6) is -1.93. The summed E-state index contributed by atoms with van der Waals surface area (Å²) in [5, 5.41) is 0.770. The summed E-state index contributed by atoms with van der Waals surface area (Å²) >= 11 is 0. The van der Waals surface area contributed by atoms with Crippen LogP contribution in [0.3, 0.4) is 0 Å². The van der Waals surface area contributed by atoms with Crippen molar-refractivity contribution in [1.82, 2.24) is 5.31 Å². The monoisotopic (exact) mass is 372 g/mol. The fourth-order valence-electron chi connectivity index (χ4n) is 2.82. The number of rotatable bonds is 3. The van der Waals surface area contributed by atoms with E-state index in [0.717, 1.165) is 16.9 Å². The van der Waals surface area contributed by atoms with E-state index < -0.39 is 30.0 Å². The van der Waals surface area contributed by atoms with Crippen molar-refractivity contribution in [1.29, 1.82) is 0 Å². The van der Waals surface area contributed by atoms with Crippen LogP contribution in [0.15, 0.2) is 59.2 Å². The predicted molar refractivity (Wildman–Crippen MR) is 92.7 cm³/mol. The number of carbonyl (C=O) groups is 1. The van der Waals surface area contributed by atoms with Gasteiger partial charge in [0, 0.05) is 17.2 Å². The number of primary amides is 1. The van der Waals surface area contributed by atoms with Crippen LogP contribution in [0.2, 0.25) is 1.41 Å². The molecule has 0 aromatic heterocycles. The number of allylic oxidation sites excluding steroid dienone is 1. The van der Waals surface area contributed by atoms with Gasteiger partial charge in [0.25, 0.3) is 5.91 Å². The first-order chi connectivity index (χ1) is 13.4. The number of para-hydroxylation sites is 1. The fourth-order valence-corrected chi connectivity index (χ4v) is 2.82. The number of amides is 1. The Balaban J connectivity index is 1.74. The second-order valence-corrected chi connectivity index (χ2v) is 5.98. The van der Waals surface area contributed by atoms with Crippen LogP contribution in [0.4, 0.5) is 8.78 Å². The molecule has 0 saturated carbocycles. The van der Waals surface area contributed by atoms with Crippen molar-refractivity contribution in [2.45, 2.75) is 19.1 Å². The Kier molecular flexibility index (Phi) is 4.02. The molecule has 6 nitrogen and oxygen atoms in total. The second kappa shape index (κ2) is 6.81. The zero-order valence-electron chi connectivity index (χ0n) is 14.9. The Labute approximate surface area is 154 Å². The van der Waals surface area contributed by atoms with Gasteiger partial charge in [-0.1, -0.05) is 18.2 Å². The molecule has 1 amide bonds. The minimum atomic E-state index is -1.41. The van der Waals surface area contributed by atoms with Crippen LogP contribution in [0, 0.1) is 11.6 Å². The number of fused-ring (bicyclic) bond motifs is 1. The lowest BCUT2D eigenvalue weighted by atomic mass is 10.1. The summed E-state index contributed by atoms with van der Waals surface area (Å²) < 4.78 is 47.2. The average molecular weight is 372 g/mol. The van der Waals surface area contributed by atoms with E-state index in [4.69, 9.17) is 16.6 Å². The number of aliphatic imine (C=N–C) groups is 1. The second-order valence-electron chi connectivity index (χ2n) is 5.98. The third-order valence-corrected chi connectivity index (χ3v) is 4.12. The van der Waals surface area contributed by atoms with Crippen molar-refractivity contribution in [3.63, 3.8) is 0 Å². The summed E-state index contributed by atoms with van der Waals surface area (Å²) in [5.41, 5.74) is 6.31. The fraction of sp³-hybridized carbons (Fsp3) is 0.158. The standard InChI is InChI=1S/C19H15F2N3O3/c20-11-5-6-12(13(21)7-11)14-8-15(24-18(23-14)17(22)25)19-26-9-10-3-1-2-4-16(10)27-19/h1-8,18-19,24H,9H2,(H2,22,25)/i/hD. The van der Waals surface area contributed by atoms with E-state index >= 15 is 0 Å². The molecule has 0 spiro atoms. The molecular weight excluding hydrogens is 356 g/mol. The van der Waals surface area contributed by atoms with Crippen molar-refractivity contribution in [2.24, 2.45) is 10.7 Å². The van der Waals surface area contributed by atoms with Crippen LogP contribution < -0.4 is 15.8 Å². The van der Waals surface area contributed by atoms with Crippen LogP contribution in [0.1, 0.15) is 11.1 Å². The van der Waals surface area contributed by atoms with Crippen molar-refractivity contribution >= 4 is 11.6 Å². The molecular formula is C19H15F2N3O3. The van der Waals surface area contributed by atoms with Gasteiger partial charge in [-0.3, -0.25) is 4.79 Å². The molecule has 2 aromatic rings. The molecule has 0 radical (unpaired) electrons. The summed E-state index contributed by atoms with van der Waals surface area (Å²) in [7, 11) is 0. The highest BCUT2D eigenvalue weighted by Crippen LogP contribution is 2.28. The molecule has 8 heteroatoms. The highest BCUT2D eigenvalue weighted by atomic mass is 19.1. The number of nitrogens with two attached hydrogens (primary N) is 1. The molecule has 0 aliphatic carbocycles. The van der Waals surface area contributed by atoms with Gasteiger partial charge in [-0.2, -0.15) is 0 Å². The quantitative estimate of drug-likeness (QED) is 0.863. The molecule has 0 fully saturated rings. The molecule has 3 N–H and O–H groups in total. The number of nitrogens with one attached hydrogen (secondary N) is 1. The predicted octanol–water partition coefficient (Wildman–Crippen LogP) is 1.99. The van der Waals surface area contributed by atoms with Crippen LogP contribution >= 0.6 is 0 Å². The number of hydrogen-bond donors (Lipinski definition) is 2. The number of halogens is 2. The van der Waals surface area contributed by atoms with E-state index in [1.54, 1.807) is 12.1 Å². The van der Waals surface area contributed by atoms with Crippen molar-refractivity contribution in [3.8, 4) is 5.75 Å². The van der Waals surface area contributed by atoms with E-state index in [0.29, 0.717) is 11.8 Å². The normalized spacial score (nSPS) is 22.1. The average Bonchev–Trinajstić information content (AvgIpc) is 2.68. The van der Waals surface area contributed by atoms with Gasteiger partial charge in [0.2, 0.25) is 6.29 Å². The zero-order valence-corrected chi connectivity index (χ0v) is 13.9. The van der Waals surface area contributed by atoms with Gasteiger partial charge in [-0.05, 0) is 24.3 Å². The zero-order chi connectivity index (χ0) is 19.8. The van der Waals surface area contributed by atoms with Gasteiger partial charge in [-0.15, -0.1) is 0 Å². The summed E-state index contributed by atoms with van der Waals surface area (Å²) in [6, 6.07) is 10.2. The first kappa shape index (κ1) is 16.0. The highest BCUT2D eigenvalue weighted by molar-refractivity contribution is 6.10. The largest absolute Gasteiger partial charge is 0.459 e. The van der Waals surface area contributed by atoms with Crippen molar-refractivity contribution < 1.29 is 24.5 Å². The molecule has 2 aliphatic rings. The molecule has 2 unspecified atom stereocenters. The highest BCUT2D eigenvalue weighted by Gasteiger charge is 2.30. The van der Waals surface area contributed by atoms with Crippen molar-refractivity contribution in [2.75, 3.05) is 0 Å². The maximum Gasteiger partial charge on any atom is 0.262 e. The summed E-state index contributed by atoms with van der Waals surface area (Å²) in [4.78, 5) is 15.8. The van der Waals surface area contributed by atoms with E-state index in [1.165, 1.54) is 12.1 Å². The van der Waals surface area contributed by atoms with Gasteiger partial charge in [0.05, 0.1) is 18.0 Å². The van der Waals surface area contributed by atoms with E-state index in [-0.39, 0.29) is 23.6 Å². The van der Waals surface area contributed by atoms with Gasteiger partial charge < -0.3 is 20.5 Å². The molecule has 0 saturated heterocycles. The molecule has 27 heavy (non-hydrogen) atoms. The van der Waals surface area contributed by atoms with Crippen LogP contribution in [0.25, 0.3) is 0 Å². The Morgan fingerprint density at radius 2 is 2.11 bits per heavy atom. The van der Waals surface area contributed by atoms with E-state index in [9.17, 15) is 13.6 Å². The minimum Gasteiger partial charge on any atom is -0.459 e. The summed E-state index contributed by atoms with van der Waals surface area (Å²) in [6.07, 6.45) is -1.08. The molecule has 2 heterocycles. The van der Waals surface area contributed by atoms with Gasteiger partial charge in [-0.25, -0.2) is 13.8 Å². The van der Waals surface area contributed by atoms with Gasteiger partial charge in [0.1, 0.15) is 17.4 Å². The Morgan fingerprint density at radius 1 is 1.30 bits per heavy atom. The molecule has 2 atom stereocenters. The first-order valence-electron chi connectivity index (χ1n) is 8.57.